The molecule has 0 spiro atoms. The molecule has 1 atom stereocenters. The number of rotatable bonds is 4. The standard InChI is InChI=1S/C9H15NOS/c1-3-7(5-11)8-6-12-9(4-2)10-8/h6-7,11H,3-5H2,1-2H3. The van der Waals surface area contributed by atoms with Gasteiger partial charge in [0.05, 0.1) is 17.3 Å². The van der Waals surface area contributed by atoms with Gasteiger partial charge in [0, 0.05) is 11.3 Å². The predicted molar refractivity (Wildman–Crippen MR) is 51.6 cm³/mol. The van der Waals surface area contributed by atoms with Gasteiger partial charge in [0.2, 0.25) is 0 Å². The lowest BCUT2D eigenvalue weighted by molar-refractivity contribution is 0.260. The first kappa shape index (κ1) is 9.68. The molecule has 0 saturated carbocycles. The summed E-state index contributed by atoms with van der Waals surface area (Å²) in [4.78, 5) is 4.43. The molecule has 1 rings (SSSR count). The van der Waals surface area contributed by atoms with Crippen LogP contribution < -0.4 is 0 Å². The molecule has 0 saturated heterocycles. The number of hydrogen-bond acceptors (Lipinski definition) is 3. The van der Waals surface area contributed by atoms with Gasteiger partial charge in [0.1, 0.15) is 0 Å². The summed E-state index contributed by atoms with van der Waals surface area (Å²) in [6, 6.07) is 0. The van der Waals surface area contributed by atoms with E-state index in [4.69, 9.17) is 5.11 Å². The van der Waals surface area contributed by atoms with Crippen LogP contribution in [0.15, 0.2) is 5.38 Å². The third kappa shape index (κ3) is 2.05. The topological polar surface area (TPSA) is 33.1 Å². The zero-order valence-electron chi connectivity index (χ0n) is 7.58. The predicted octanol–water partition coefficient (Wildman–Crippen LogP) is 2.19. The van der Waals surface area contributed by atoms with E-state index in [9.17, 15) is 0 Å². The summed E-state index contributed by atoms with van der Waals surface area (Å²) in [6.45, 7) is 4.39. The Hall–Kier alpha value is -0.410. The highest BCUT2D eigenvalue weighted by molar-refractivity contribution is 7.09. The summed E-state index contributed by atoms with van der Waals surface area (Å²) in [6.07, 6.45) is 1.95. The molecule has 0 amide bonds. The SMILES string of the molecule is CCc1nc(C(CC)CO)cs1. The quantitative estimate of drug-likeness (QED) is 0.780. The van der Waals surface area contributed by atoms with E-state index in [0.29, 0.717) is 0 Å². The summed E-state index contributed by atoms with van der Waals surface area (Å²) in [5, 5.41) is 12.2. The molecule has 0 radical (unpaired) electrons. The normalized spacial score (nSPS) is 13.2. The molecular formula is C9H15NOS. The number of aliphatic hydroxyl groups excluding tert-OH is 1. The lowest BCUT2D eigenvalue weighted by Gasteiger charge is -2.06. The van der Waals surface area contributed by atoms with Crippen LogP contribution in [0.5, 0.6) is 0 Å². The highest BCUT2D eigenvalue weighted by Crippen LogP contribution is 2.21. The average molecular weight is 185 g/mol. The lowest BCUT2D eigenvalue weighted by atomic mass is 10.1. The number of aryl methyl sites for hydroxylation is 1. The monoisotopic (exact) mass is 185 g/mol. The van der Waals surface area contributed by atoms with Gasteiger partial charge in [-0.1, -0.05) is 13.8 Å². The lowest BCUT2D eigenvalue weighted by Crippen LogP contribution is -2.02. The number of aromatic nitrogens is 1. The maximum atomic E-state index is 9.03. The van der Waals surface area contributed by atoms with Crippen LogP contribution in [0.2, 0.25) is 0 Å². The molecule has 1 aromatic rings. The number of nitrogens with zero attached hydrogens (tertiary/aromatic N) is 1. The first-order valence-corrected chi connectivity index (χ1v) is 5.24. The van der Waals surface area contributed by atoms with Crippen LogP contribution in [0.4, 0.5) is 0 Å². The molecule has 1 unspecified atom stereocenters. The molecule has 68 valence electrons. The first-order valence-electron chi connectivity index (χ1n) is 4.36. The molecule has 0 fully saturated rings. The Labute approximate surface area is 77.3 Å². The molecule has 0 aliphatic carbocycles. The largest absolute Gasteiger partial charge is 0.396 e. The third-order valence-corrected chi connectivity index (χ3v) is 3.01. The van der Waals surface area contributed by atoms with E-state index in [0.717, 1.165) is 23.5 Å². The van der Waals surface area contributed by atoms with Gasteiger partial charge in [-0.25, -0.2) is 4.98 Å². The number of hydrogen-bond donors (Lipinski definition) is 1. The molecule has 1 heterocycles. The fraction of sp³-hybridized carbons (Fsp3) is 0.667. The second kappa shape index (κ2) is 4.58. The van der Waals surface area contributed by atoms with Gasteiger partial charge in [0.15, 0.2) is 0 Å². The Morgan fingerprint density at radius 1 is 1.58 bits per heavy atom. The maximum Gasteiger partial charge on any atom is 0.0925 e. The number of thiazole rings is 1. The van der Waals surface area contributed by atoms with Crippen LogP contribution in [0.3, 0.4) is 0 Å². The van der Waals surface area contributed by atoms with E-state index in [2.05, 4.69) is 24.2 Å². The van der Waals surface area contributed by atoms with E-state index in [1.165, 1.54) is 0 Å². The van der Waals surface area contributed by atoms with Crippen LogP contribution >= 0.6 is 11.3 Å². The minimum atomic E-state index is 0.212. The summed E-state index contributed by atoms with van der Waals surface area (Å²) < 4.78 is 0. The van der Waals surface area contributed by atoms with Crippen LogP contribution in [0.1, 0.15) is 36.9 Å². The highest BCUT2D eigenvalue weighted by Gasteiger charge is 2.10. The van der Waals surface area contributed by atoms with Crippen molar-refractivity contribution in [2.45, 2.75) is 32.6 Å². The van der Waals surface area contributed by atoms with Crippen molar-refractivity contribution in [3.05, 3.63) is 16.1 Å². The fourth-order valence-corrected chi connectivity index (χ4v) is 1.93. The smallest absolute Gasteiger partial charge is 0.0925 e. The van der Waals surface area contributed by atoms with Crippen molar-refractivity contribution in [3.63, 3.8) is 0 Å². The van der Waals surface area contributed by atoms with Gasteiger partial charge in [0.25, 0.3) is 0 Å². The van der Waals surface area contributed by atoms with Crippen LogP contribution in [0, 0.1) is 0 Å². The summed E-state index contributed by atoms with van der Waals surface area (Å²) >= 11 is 1.69. The van der Waals surface area contributed by atoms with Gasteiger partial charge in [-0.15, -0.1) is 11.3 Å². The summed E-state index contributed by atoms with van der Waals surface area (Å²) in [5.41, 5.74) is 1.06. The Morgan fingerprint density at radius 2 is 2.33 bits per heavy atom. The zero-order chi connectivity index (χ0) is 8.97. The van der Waals surface area contributed by atoms with Crippen LogP contribution in [-0.4, -0.2) is 16.7 Å². The third-order valence-electron chi connectivity index (χ3n) is 2.00. The van der Waals surface area contributed by atoms with Crippen LogP contribution in [0.25, 0.3) is 0 Å². The molecule has 1 aromatic heterocycles. The van der Waals surface area contributed by atoms with E-state index >= 15 is 0 Å². The average Bonchev–Trinajstić information content (AvgIpc) is 2.55. The maximum absolute atomic E-state index is 9.03. The minimum Gasteiger partial charge on any atom is -0.396 e. The van der Waals surface area contributed by atoms with Crippen molar-refractivity contribution in [2.24, 2.45) is 0 Å². The Morgan fingerprint density at radius 3 is 2.75 bits per heavy atom. The molecule has 0 aliphatic rings. The Kier molecular flexibility index (Phi) is 3.69. The Balaban J connectivity index is 2.72. The summed E-state index contributed by atoms with van der Waals surface area (Å²) in [5.74, 6) is 0.238. The van der Waals surface area contributed by atoms with Crippen molar-refractivity contribution in [2.75, 3.05) is 6.61 Å². The highest BCUT2D eigenvalue weighted by atomic mass is 32.1. The second-order valence-corrected chi connectivity index (χ2v) is 3.75. The van der Waals surface area contributed by atoms with Gasteiger partial charge in [-0.2, -0.15) is 0 Å². The van der Waals surface area contributed by atoms with Crippen molar-refractivity contribution < 1.29 is 5.11 Å². The van der Waals surface area contributed by atoms with Gasteiger partial charge >= 0.3 is 0 Å². The van der Waals surface area contributed by atoms with Crippen LogP contribution in [-0.2, 0) is 6.42 Å². The van der Waals surface area contributed by atoms with Gasteiger partial charge in [-0.3, -0.25) is 0 Å². The second-order valence-electron chi connectivity index (χ2n) is 2.81. The van der Waals surface area contributed by atoms with E-state index in [1.807, 2.05) is 0 Å². The van der Waals surface area contributed by atoms with Gasteiger partial charge < -0.3 is 5.11 Å². The Bertz CT molecular complexity index is 230. The van der Waals surface area contributed by atoms with Gasteiger partial charge in [-0.05, 0) is 12.8 Å². The summed E-state index contributed by atoms with van der Waals surface area (Å²) in [7, 11) is 0. The molecule has 12 heavy (non-hydrogen) atoms. The van der Waals surface area contributed by atoms with Crippen molar-refractivity contribution in [1.82, 2.24) is 4.98 Å². The molecule has 1 N–H and O–H groups in total. The fourth-order valence-electron chi connectivity index (χ4n) is 1.11. The van der Waals surface area contributed by atoms with E-state index < -0.39 is 0 Å². The molecule has 0 aliphatic heterocycles. The molecule has 0 aromatic carbocycles. The minimum absolute atomic E-state index is 0.212. The molecule has 3 heteroatoms. The number of aliphatic hydroxyl groups is 1. The molecule has 2 nitrogen and oxygen atoms in total. The zero-order valence-corrected chi connectivity index (χ0v) is 8.40. The van der Waals surface area contributed by atoms with Crippen molar-refractivity contribution in [1.29, 1.82) is 0 Å². The molecule has 0 bridgehead atoms. The van der Waals surface area contributed by atoms with E-state index in [1.54, 1.807) is 11.3 Å². The van der Waals surface area contributed by atoms with E-state index in [-0.39, 0.29) is 12.5 Å². The first-order chi connectivity index (χ1) is 5.81. The van der Waals surface area contributed by atoms with Crippen molar-refractivity contribution >= 4 is 11.3 Å². The molecular weight excluding hydrogens is 170 g/mol. The van der Waals surface area contributed by atoms with Crippen molar-refractivity contribution in [3.8, 4) is 0 Å².